The van der Waals surface area contributed by atoms with Crippen molar-refractivity contribution in [3.63, 3.8) is 0 Å². The van der Waals surface area contributed by atoms with Crippen LogP contribution in [0.1, 0.15) is 42.1 Å². The average Bonchev–Trinajstić information content (AvgIpc) is 2.36. The Balaban J connectivity index is 2.37. The van der Waals surface area contributed by atoms with Crippen molar-refractivity contribution in [2.24, 2.45) is 0 Å². The zero-order valence-corrected chi connectivity index (χ0v) is 10.6. The van der Waals surface area contributed by atoms with Gasteiger partial charge in [-0.1, -0.05) is 25.5 Å². The number of rotatable bonds is 7. The van der Waals surface area contributed by atoms with Gasteiger partial charge >= 0.3 is 5.97 Å². The van der Waals surface area contributed by atoms with E-state index in [2.05, 4.69) is 5.32 Å². The van der Waals surface area contributed by atoms with Crippen LogP contribution in [-0.4, -0.2) is 23.5 Å². The van der Waals surface area contributed by atoms with E-state index in [1.54, 1.807) is 18.2 Å². The summed E-state index contributed by atoms with van der Waals surface area (Å²) >= 11 is 0. The number of unbranched alkanes of at least 4 members (excludes halogenated alkanes) is 1. The van der Waals surface area contributed by atoms with E-state index in [0.29, 0.717) is 19.4 Å². The summed E-state index contributed by atoms with van der Waals surface area (Å²) in [7, 11) is 0. The summed E-state index contributed by atoms with van der Waals surface area (Å²) in [5.74, 6) is -0.866. The third kappa shape index (κ3) is 4.99. The third-order valence-electron chi connectivity index (χ3n) is 2.67. The zero-order valence-electron chi connectivity index (χ0n) is 10.6. The van der Waals surface area contributed by atoms with Crippen LogP contribution in [0.4, 0.5) is 0 Å². The molecule has 0 aliphatic heterocycles. The second-order valence-electron chi connectivity index (χ2n) is 4.21. The summed E-state index contributed by atoms with van der Waals surface area (Å²) in [6, 6.07) is 6.79. The van der Waals surface area contributed by atoms with E-state index < -0.39 is 5.97 Å². The van der Waals surface area contributed by atoms with E-state index in [4.69, 9.17) is 5.11 Å². The predicted octanol–water partition coefficient (Wildman–Crippen LogP) is 2.23. The Morgan fingerprint density at radius 1 is 1.33 bits per heavy atom. The van der Waals surface area contributed by atoms with Gasteiger partial charge in [0.15, 0.2) is 0 Å². The first-order valence-corrected chi connectivity index (χ1v) is 6.22. The van der Waals surface area contributed by atoms with Crippen molar-refractivity contribution in [2.75, 3.05) is 6.54 Å². The van der Waals surface area contributed by atoms with Crippen molar-refractivity contribution in [2.45, 2.75) is 32.6 Å². The molecule has 1 rings (SSSR count). The lowest BCUT2D eigenvalue weighted by atomic mass is 10.1. The molecule has 1 amide bonds. The number of benzene rings is 1. The fourth-order valence-electron chi connectivity index (χ4n) is 1.63. The molecule has 0 heterocycles. The highest BCUT2D eigenvalue weighted by atomic mass is 16.4. The van der Waals surface area contributed by atoms with Crippen molar-refractivity contribution in [3.05, 3.63) is 35.4 Å². The molecule has 4 nitrogen and oxygen atoms in total. The summed E-state index contributed by atoms with van der Waals surface area (Å²) in [6.07, 6.45) is 3.12. The lowest BCUT2D eigenvalue weighted by Gasteiger charge is -2.05. The first-order valence-electron chi connectivity index (χ1n) is 6.22. The molecule has 0 radical (unpaired) electrons. The predicted molar refractivity (Wildman–Crippen MR) is 69.6 cm³/mol. The minimum Gasteiger partial charge on any atom is -0.478 e. The second-order valence-corrected chi connectivity index (χ2v) is 4.21. The van der Waals surface area contributed by atoms with Crippen LogP contribution in [0.2, 0.25) is 0 Å². The Kier molecular flexibility index (Phi) is 5.91. The maximum absolute atomic E-state index is 11.4. The van der Waals surface area contributed by atoms with Gasteiger partial charge in [-0.15, -0.1) is 0 Å². The van der Waals surface area contributed by atoms with Crippen LogP contribution in [0.25, 0.3) is 0 Å². The molecule has 0 aliphatic rings. The van der Waals surface area contributed by atoms with Crippen molar-refractivity contribution >= 4 is 11.9 Å². The Bertz CT molecular complexity index is 415. The van der Waals surface area contributed by atoms with E-state index in [1.165, 1.54) is 0 Å². The van der Waals surface area contributed by atoms with Gasteiger partial charge in [-0.2, -0.15) is 0 Å². The van der Waals surface area contributed by atoms with E-state index in [-0.39, 0.29) is 11.5 Å². The normalized spacial score (nSPS) is 10.1. The first kappa shape index (κ1) is 14.2. The van der Waals surface area contributed by atoms with Crippen molar-refractivity contribution in [1.82, 2.24) is 5.32 Å². The Labute approximate surface area is 107 Å². The van der Waals surface area contributed by atoms with Gasteiger partial charge in [0.1, 0.15) is 0 Å². The van der Waals surface area contributed by atoms with E-state index in [0.717, 1.165) is 18.4 Å². The molecular formula is C14H19NO3. The molecule has 0 bridgehead atoms. The van der Waals surface area contributed by atoms with Crippen LogP contribution in [0.3, 0.4) is 0 Å². The summed E-state index contributed by atoms with van der Waals surface area (Å²) in [5.41, 5.74) is 1.20. The minimum absolute atomic E-state index is 0.0613. The van der Waals surface area contributed by atoms with Crippen LogP contribution >= 0.6 is 0 Å². The molecule has 0 fully saturated rings. The van der Waals surface area contributed by atoms with Gasteiger partial charge in [0, 0.05) is 13.0 Å². The maximum Gasteiger partial charge on any atom is 0.335 e. The van der Waals surface area contributed by atoms with Crippen LogP contribution in [0, 0.1) is 0 Å². The fraction of sp³-hybridized carbons (Fsp3) is 0.429. The first-order chi connectivity index (χ1) is 8.63. The number of carbonyl (C=O) groups excluding carboxylic acids is 1. The Hall–Kier alpha value is -1.84. The smallest absolute Gasteiger partial charge is 0.335 e. The lowest BCUT2D eigenvalue weighted by molar-refractivity contribution is -0.121. The Morgan fingerprint density at radius 2 is 2.11 bits per heavy atom. The highest BCUT2D eigenvalue weighted by Crippen LogP contribution is 2.05. The largest absolute Gasteiger partial charge is 0.478 e. The molecule has 0 unspecified atom stereocenters. The highest BCUT2D eigenvalue weighted by Gasteiger charge is 2.04. The molecule has 1 aromatic rings. The Morgan fingerprint density at radius 3 is 2.78 bits per heavy atom. The van der Waals surface area contributed by atoms with Crippen LogP contribution < -0.4 is 5.32 Å². The summed E-state index contributed by atoms with van der Waals surface area (Å²) in [4.78, 5) is 22.1. The monoisotopic (exact) mass is 249 g/mol. The van der Waals surface area contributed by atoms with Gasteiger partial charge in [-0.3, -0.25) is 4.79 Å². The molecule has 0 saturated carbocycles. The molecule has 0 atom stereocenters. The van der Waals surface area contributed by atoms with E-state index >= 15 is 0 Å². The standard InChI is InChI=1S/C14H19NO3/c1-2-3-7-13(16)15-9-8-11-5-4-6-12(10-11)14(17)18/h4-6,10H,2-3,7-9H2,1H3,(H,15,16)(H,17,18). The minimum atomic E-state index is -0.927. The van der Waals surface area contributed by atoms with Crippen molar-refractivity contribution in [3.8, 4) is 0 Å². The van der Waals surface area contributed by atoms with Crippen LogP contribution in [0.5, 0.6) is 0 Å². The van der Waals surface area contributed by atoms with Gasteiger partial charge in [-0.25, -0.2) is 4.79 Å². The molecule has 2 N–H and O–H groups in total. The number of carbonyl (C=O) groups is 2. The average molecular weight is 249 g/mol. The number of amides is 1. The molecule has 4 heteroatoms. The fourth-order valence-corrected chi connectivity index (χ4v) is 1.63. The SMILES string of the molecule is CCCCC(=O)NCCc1cccc(C(=O)O)c1. The molecule has 0 aliphatic carbocycles. The molecule has 98 valence electrons. The van der Waals surface area contributed by atoms with Crippen LogP contribution in [0.15, 0.2) is 24.3 Å². The van der Waals surface area contributed by atoms with E-state index in [9.17, 15) is 9.59 Å². The number of nitrogens with one attached hydrogen (secondary N) is 1. The topological polar surface area (TPSA) is 66.4 Å². The molecular weight excluding hydrogens is 230 g/mol. The van der Waals surface area contributed by atoms with Gasteiger partial charge in [-0.05, 0) is 30.5 Å². The quantitative estimate of drug-likeness (QED) is 0.778. The molecule has 18 heavy (non-hydrogen) atoms. The lowest BCUT2D eigenvalue weighted by Crippen LogP contribution is -2.25. The number of hydrogen-bond acceptors (Lipinski definition) is 2. The van der Waals surface area contributed by atoms with Gasteiger partial charge < -0.3 is 10.4 Å². The number of hydrogen-bond donors (Lipinski definition) is 2. The van der Waals surface area contributed by atoms with Crippen LogP contribution in [-0.2, 0) is 11.2 Å². The van der Waals surface area contributed by atoms with Gasteiger partial charge in [0.25, 0.3) is 0 Å². The molecule has 1 aromatic carbocycles. The zero-order chi connectivity index (χ0) is 13.4. The van der Waals surface area contributed by atoms with E-state index in [1.807, 2.05) is 13.0 Å². The third-order valence-corrected chi connectivity index (χ3v) is 2.67. The summed E-state index contributed by atoms with van der Waals surface area (Å²) < 4.78 is 0. The molecule has 0 aromatic heterocycles. The number of aromatic carboxylic acids is 1. The summed E-state index contributed by atoms with van der Waals surface area (Å²) in [5, 5.41) is 11.7. The summed E-state index contributed by atoms with van der Waals surface area (Å²) in [6.45, 7) is 2.59. The molecule has 0 spiro atoms. The number of carboxylic acid groups (broad SMARTS) is 1. The second kappa shape index (κ2) is 7.48. The van der Waals surface area contributed by atoms with Crippen molar-refractivity contribution in [1.29, 1.82) is 0 Å². The molecule has 0 saturated heterocycles. The number of carboxylic acids is 1. The highest BCUT2D eigenvalue weighted by molar-refractivity contribution is 5.87. The maximum atomic E-state index is 11.4. The van der Waals surface area contributed by atoms with Gasteiger partial charge in [0.05, 0.1) is 5.56 Å². The van der Waals surface area contributed by atoms with Crippen molar-refractivity contribution < 1.29 is 14.7 Å². The van der Waals surface area contributed by atoms with Gasteiger partial charge in [0.2, 0.25) is 5.91 Å².